The van der Waals surface area contributed by atoms with Crippen molar-refractivity contribution in [3.8, 4) is 0 Å². The van der Waals surface area contributed by atoms with E-state index in [0.717, 1.165) is 3.57 Å². The molecule has 0 aliphatic rings. The molecule has 0 aliphatic carbocycles. The van der Waals surface area contributed by atoms with E-state index in [1.807, 2.05) is 0 Å². The second kappa shape index (κ2) is 6.70. The number of rotatable bonds is 4. The molecule has 0 radical (unpaired) electrons. The maximum atomic E-state index is 12.3. The van der Waals surface area contributed by atoms with Crippen molar-refractivity contribution in [2.45, 2.75) is 11.5 Å². The van der Waals surface area contributed by atoms with Gasteiger partial charge < -0.3 is 5.11 Å². The van der Waals surface area contributed by atoms with Gasteiger partial charge in [0, 0.05) is 8.59 Å². The second-order valence-electron chi connectivity index (χ2n) is 4.14. The molecule has 0 spiro atoms. The topological polar surface area (TPSA) is 66.4 Å². The summed E-state index contributed by atoms with van der Waals surface area (Å²) in [6.07, 6.45) is 0. The highest BCUT2D eigenvalue weighted by Gasteiger charge is 2.17. The molecular formula is C13H10Cl2INO3S. The highest BCUT2D eigenvalue weighted by Crippen LogP contribution is 2.27. The molecule has 2 aromatic rings. The average molecular weight is 458 g/mol. The van der Waals surface area contributed by atoms with Gasteiger partial charge in [-0.15, -0.1) is 0 Å². The lowest BCUT2D eigenvalue weighted by Gasteiger charge is -2.11. The molecule has 8 heteroatoms. The van der Waals surface area contributed by atoms with Gasteiger partial charge >= 0.3 is 0 Å². The molecule has 0 saturated heterocycles. The lowest BCUT2D eigenvalue weighted by molar-refractivity contribution is 0.282. The molecule has 112 valence electrons. The van der Waals surface area contributed by atoms with Gasteiger partial charge in [0.15, 0.2) is 0 Å². The van der Waals surface area contributed by atoms with Crippen LogP contribution < -0.4 is 4.72 Å². The van der Waals surface area contributed by atoms with Gasteiger partial charge in [-0.1, -0.05) is 29.3 Å². The molecule has 0 amide bonds. The summed E-state index contributed by atoms with van der Waals surface area (Å²) in [6.45, 7) is -0.254. The van der Waals surface area contributed by atoms with Gasteiger partial charge in [-0.25, -0.2) is 8.42 Å². The van der Waals surface area contributed by atoms with Crippen molar-refractivity contribution in [1.29, 1.82) is 0 Å². The van der Waals surface area contributed by atoms with E-state index in [2.05, 4.69) is 27.3 Å². The second-order valence-corrected chi connectivity index (χ2v) is 7.88. The van der Waals surface area contributed by atoms with Crippen LogP contribution in [-0.2, 0) is 16.6 Å². The van der Waals surface area contributed by atoms with E-state index in [0.29, 0.717) is 16.3 Å². The van der Waals surface area contributed by atoms with Crippen LogP contribution in [0.15, 0.2) is 41.3 Å². The smallest absolute Gasteiger partial charge is 0.261 e. The SMILES string of the molecule is O=S(=O)(Nc1ccc(I)cc1Cl)c1ccc(CO)c(Cl)c1. The fourth-order valence-corrected chi connectivity index (χ4v) is 3.97. The first-order chi connectivity index (χ1) is 9.83. The third-order valence-electron chi connectivity index (χ3n) is 2.68. The normalized spacial score (nSPS) is 11.4. The summed E-state index contributed by atoms with van der Waals surface area (Å²) in [4.78, 5) is -0.000633. The lowest BCUT2D eigenvalue weighted by atomic mass is 10.2. The fraction of sp³-hybridized carbons (Fsp3) is 0.0769. The van der Waals surface area contributed by atoms with Gasteiger partial charge in [-0.3, -0.25) is 4.72 Å². The Hall–Kier alpha value is -0.540. The molecule has 0 heterocycles. The van der Waals surface area contributed by atoms with Crippen LogP contribution in [0.1, 0.15) is 5.56 Å². The number of benzene rings is 2. The van der Waals surface area contributed by atoms with Crippen LogP contribution in [-0.4, -0.2) is 13.5 Å². The van der Waals surface area contributed by atoms with Gasteiger partial charge in [0.25, 0.3) is 10.0 Å². The maximum Gasteiger partial charge on any atom is 0.261 e. The van der Waals surface area contributed by atoms with Crippen molar-refractivity contribution >= 4 is 61.5 Å². The van der Waals surface area contributed by atoms with E-state index in [1.54, 1.807) is 18.2 Å². The Bertz CT molecular complexity index is 781. The standard InChI is InChI=1S/C13H10Cl2INO3S/c14-11-6-10(3-1-8(11)7-18)21(19,20)17-13-4-2-9(16)5-12(13)15/h1-6,17-18H,7H2. The largest absolute Gasteiger partial charge is 0.392 e. The molecule has 0 aromatic heterocycles. The molecular weight excluding hydrogens is 448 g/mol. The number of aliphatic hydroxyl groups is 1. The Morgan fingerprint density at radius 1 is 1.10 bits per heavy atom. The van der Waals surface area contributed by atoms with Gasteiger partial charge in [0.1, 0.15) is 0 Å². The molecule has 2 N–H and O–H groups in total. The molecule has 0 atom stereocenters. The zero-order valence-corrected chi connectivity index (χ0v) is 15.0. The summed E-state index contributed by atoms with van der Waals surface area (Å²) in [5, 5.41) is 9.54. The van der Waals surface area contributed by atoms with E-state index in [4.69, 9.17) is 28.3 Å². The molecule has 2 rings (SSSR count). The Morgan fingerprint density at radius 2 is 1.81 bits per heavy atom. The third kappa shape index (κ3) is 4.01. The van der Waals surface area contributed by atoms with Crippen LogP contribution in [0.4, 0.5) is 5.69 Å². The van der Waals surface area contributed by atoms with E-state index in [1.165, 1.54) is 18.2 Å². The predicted molar refractivity (Wildman–Crippen MR) is 92.4 cm³/mol. The van der Waals surface area contributed by atoms with Crippen molar-refractivity contribution in [1.82, 2.24) is 0 Å². The van der Waals surface area contributed by atoms with Crippen molar-refractivity contribution in [2.75, 3.05) is 4.72 Å². The summed E-state index contributed by atoms with van der Waals surface area (Å²) in [5.74, 6) is 0. The predicted octanol–water partition coefficient (Wildman–Crippen LogP) is 3.89. The van der Waals surface area contributed by atoms with Crippen molar-refractivity contribution in [3.63, 3.8) is 0 Å². The number of sulfonamides is 1. The van der Waals surface area contributed by atoms with E-state index < -0.39 is 10.0 Å². The average Bonchev–Trinajstić information content (AvgIpc) is 2.42. The minimum atomic E-state index is -3.80. The van der Waals surface area contributed by atoms with E-state index in [9.17, 15) is 8.42 Å². The van der Waals surface area contributed by atoms with Crippen molar-refractivity contribution < 1.29 is 13.5 Å². The molecule has 2 aromatic carbocycles. The summed E-state index contributed by atoms with van der Waals surface area (Å²) in [7, 11) is -3.80. The van der Waals surface area contributed by atoms with Gasteiger partial charge in [-0.05, 0) is 58.5 Å². The zero-order valence-electron chi connectivity index (χ0n) is 10.5. The molecule has 0 fully saturated rings. The minimum absolute atomic E-state index is 0.000633. The van der Waals surface area contributed by atoms with Gasteiger partial charge in [-0.2, -0.15) is 0 Å². The van der Waals surface area contributed by atoms with Crippen molar-refractivity contribution in [2.24, 2.45) is 0 Å². The first-order valence-electron chi connectivity index (χ1n) is 5.70. The molecule has 0 aliphatic heterocycles. The zero-order chi connectivity index (χ0) is 15.6. The summed E-state index contributed by atoms with van der Waals surface area (Å²) < 4.78 is 27.9. The number of anilines is 1. The van der Waals surface area contributed by atoms with Crippen LogP contribution in [0.5, 0.6) is 0 Å². The van der Waals surface area contributed by atoms with Crippen LogP contribution in [0.25, 0.3) is 0 Å². The van der Waals surface area contributed by atoms with Crippen LogP contribution >= 0.6 is 45.8 Å². The molecule has 0 unspecified atom stereocenters. The Labute approximate surface area is 146 Å². The Kier molecular flexibility index (Phi) is 5.37. The van der Waals surface area contributed by atoms with Gasteiger partial charge in [0.05, 0.1) is 22.2 Å². The minimum Gasteiger partial charge on any atom is -0.392 e. The Morgan fingerprint density at radius 3 is 2.38 bits per heavy atom. The summed E-state index contributed by atoms with van der Waals surface area (Å²) >= 11 is 14.0. The van der Waals surface area contributed by atoms with Crippen LogP contribution in [0.2, 0.25) is 10.0 Å². The number of halogens is 3. The fourth-order valence-electron chi connectivity index (χ4n) is 1.60. The monoisotopic (exact) mass is 457 g/mol. The lowest BCUT2D eigenvalue weighted by Crippen LogP contribution is -2.13. The summed E-state index contributed by atoms with van der Waals surface area (Å²) in [6, 6.07) is 9.11. The molecule has 21 heavy (non-hydrogen) atoms. The number of hydrogen-bond donors (Lipinski definition) is 2. The molecule has 0 saturated carbocycles. The number of nitrogens with one attached hydrogen (secondary N) is 1. The Balaban J connectivity index is 2.36. The van der Waals surface area contributed by atoms with Crippen LogP contribution in [0, 0.1) is 3.57 Å². The number of aliphatic hydroxyl groups excluding tert-OH is 1. The van der Waals surface area contributed by atoms with E-state index >= 15 is 0 Å². The first kappa shape index (κ1) is 16.8. The first-order valence-corrected chi connectivity index (χ1v) is 9.02. The van der Waals surface area contributed by atoms with Crippen LogP contribution in [0.3, 0.4) is 0 Å². The van der Waals surface area contributed by atoms with E-state index in [-0.39, 0.29) is 16.5 Å². The highest BCUT2D eigenvalue weighted by atomic mass is 127. The molecule has 0 bridgehead atoms. The quantitative estimate of drug-likeness (QED) is 0.684. The van der Waals surface area contributed by atoms with Gasteiger partial charge in [0.2, 0.25) is 0 Å². The van der Waals surface area contributed by atoms with Crippen molar-refractivity contribution in [3.05, 3.63) is 55.6 Å². The summed E-state index contributed by atoms with van der Waals surface area (Å²) in [5.41, 5.74) is 0.752. The highest BCUT2D eigenvalue weighted by molar-refractivity contribution is 14.1. The molecule has 4 nitrogen and oxygen atoms in total. The third-order valence-corrected chi connectivity index (χ3v) is 5.38. The number of hydrogen-bond acceptors (Lipinski definition) is 3. The maximum absolute atomic E-state index is 12.3.